The monoisotopic (exact) mass is 291 g/mol. The lowest BCUT2D eigenvalue weighted by Crippen LogP contribution is -2.25. The van der Waals surface area contributed by atoms with E-state index in [4.69, 9.17) is 5.73 Å². The van der Waals surface area contributed by atoms with Gasteiger partial charge in [-0.15, -0.1) is 0 Å². The molecule has 0 spiro atoms. The van der Waals surface area contributed by atoms with E-state index in [0.29, 0.717) is 24.8 Å². The number of nitrogen functional groups attached to an aromatic ring is 1. The minimum atomic E-state index is -0.143. The van der Waals surface area contributed by atoms with Gasteiger partial charge in [-0.2, -0.15) is 0 Å². The molecule has 21 heavy (non-hydrogen) atoms. The van der Waals surface area contributed by atoms with Gasteiger partial charge in [-0.3, -0.25) is 4.79 Å². The molecule has 1 fully saturated rings. The molecule has 1 saturated carbocycles. The fourth-order valence-electron chi connectivity index (χ4n) is 1.88. The van der Waals surface area contributed by atoms with E-state index in [0.717, 1.165) is 30.9 Å². The van der Waals surface area contributed by atoms with E-state index in [9.17, 15) is 4.79 Å². The van der Waals surface area contributed by atoms with Gasteiger partial charge in [0.2, 0.25) is 5.91 Å². The highest BCUT2D eigenvalue weighted by Gasteiger charge is 2.22. The van der Waals surface area contributed by atoms with Crippen LogP contribution in [-0.2, 0) is 10.2 Å². The molecule has 1 amide bonds. The van der Waals surface area contributed by atoms with Gasteiger partial charge < -0.3 is 16.4 Å². The van der Waals surface area contributed by atoms with Gasteiger partial charge in [0.25, 0.3) is 0 Å². The average Bonchev–Trinajstić information content (AvgIpc) is 3.17. The number of carbonyl (C=O) groups excluding carboxylic acids is 1. The topological polar surface area (TPSA) is 92.9 Å². The van der Waals surface area contributed by atoms with Gasteiger partial charge in [-0.1, -0.05) is 20.8 Å². The average molecular weight is 291 g/mol. The first-order chi connectivity index (χ1) is 9.84. The van der Waals surface area contributed by atoms with Gasteiger partial charge in [0.05, 0.1) is 0 Å². The number of nitrogens with one attached hydrogen (secondary N) is 2. The molecular weight excluding hydrogens is 266 g/mol. The van der Waals surface area contributed by atoms with Gasteiger partial charge in [-0.25, -0.2) is 9.97 Å². The van der Waals surface area contributed by atoms with Crippen LogP contribution in [0.25, 0.3) is 0 Å². The summed E-state index contributed by atoms with van der Waals surface area (Å²) in [6.07, 6.45) is 3.56. The summed E-state index contributed by atoms with van der Waals surface area (Å²) in [7, 11) is 0. The number of hydrogen-bond acceptors (Lipinski definition) is 5. The number of amides is 1. The molecule has 1 aliphatic carbocycles. The summed E-state index contributed by atoms with van der Waals surface area (Å²) >= 11 is 0. The minimum absolute atomic E-state index is 0.136. The lowest BCUT2D eigenvalue weighted by molar-refractivity contribution is -0.121. The molecule has 4 N–H and O–H groups in total. The zero-order valence-electron chi connectivity index (χ0n) is 13.1. The summed E-state index contributed by atoms with van der Waals surface area (Å²) in [5.41, 5.74) is 5.67. The molecule has 0 saturated heterocycles. The van der Waals surface area contributed by atoms with Gasteiger partial charge >= 0.3 is 0 Å². The van der Waals surface area contributed by atoms with Crippen LogP contribution in [0.3, 0.4) is 0 Å². The van der Waals surface area contributed by atoms with Crippen LogP contribution in [0.1, 0.15) is 52.3 Å². The molecule has 1 aliphatic rings. The fraction of sp³-hybridized carbons (Fsp3) is 0.667. The first kappa shape index (κ1) is 15.5. The lowest BCUT2D eigenvalue weighted by atomic mass is 9.96. The summed E-state index contributed by atoms with van der Waals surface area (Å²) in [4.78, 5) is 20.3. The molecular formula is C15H25N5O. The maximum absolute atomic E-state index is 11.6. The number of nitrogens with zero attached hydrogens (tertiary/aromatic N) is 2. The van der Waals surface area contributed by atoms with E-state index in [1.165, 1.54) is 0 Å². The molecule has 6 heteroatoms. The second kappa shape index (κ2) is 6.28. The number of rotatable bonds is 6. The van der Waals surface area contributed by atoms with Crippen molar-refractivity contribution in [3.05, 3.63) is 11.9 Å². The third-order valence-electron chi connectivity index (χ3n) is 3.25. The minimum Gasteiger partial charge on any atom is -0.384 e. The number of anilines is 2. The first-order valence-corrected chi connectivity index (χ1v) is 7.53. The molecule has 0 unspecified atom stereocenters. The molecule has 0 aliphatic heterocycles. The van der Waals surface area contributed by atoms with Crippen LogP contribution in [0.4, 0.5) is 11.6 Å². The highest BCUT2D eigenvalue weighted by Crippen LogP contribution is 2.21. The predicted octanol–water partition coefficient (Wildman–Crippen LogP) is 1.83. The highest BCUT2D eigenvalue weighted by atomic mass is 16.1. The third-order valence-corrected chi connectivity index (χ3v) is 3.25. The standard InChI is InChI=1S/C15H25N5O/c1-15(2,3)14-19-11(16)9-12(20-14)17-8-4-5-13(21)18-10-6-7-10/h9-10H,4-8H2,1-3H3,(H,18,21)(H3,16,17,19,20). The zero-order chi connectivity index (χ0) is 15.5. The fourth-order valence-corrected chi connectivity index (χ4v) is 1.88. The van der Waals surface area contributed by atoms with E-state index in [2.05, 4.69) is 20.6 Å². The maximum Gasteiger partial charge on any atom is 0.220 e. The summed E-state index contributed by atoms with van der Waals surface area (Å²) in [6, 6.07) is 2.15. The van der Waals surface area contributed by atoms with E-state index >= 15 is 0 Å². The molecule has 116 valence electrons. The Morgan fingerprint density at radius 1 is 1.38 bits per heavy atom. The second-order valence-electron chi connectivity index (χ2n) is 6.62. The lowest BCUT2D eigenvalue weighted by Gasteiger charge is -2.18. The van der Waals surface area contributed by atoms with Crippen molar-refractivity contribution in [1.82, 2.24) is 15.3 Å². The summed E-state index contributed by atoms with van der Waals surface area (Å²) in [6.45, 7) is 6.84. The third kappa shape index (κ3) is 5.21. The van der Waals surface area contributed by atoms with E-state index in [-0.39, 0.29) is 11.3 Å². The normalized spacial score (nSPS) is 14.8. The van der Waals surface area contributed by atoms with Crippen LogP contribution in [0.2, 0.25) is 0 Å². The highest BCUT2D eigenvalue weighted by molar-refractivity contribution is 5.76. The van der Waals surface area contributed by atoms with Crippen LogP contribution < -0.4 is 16.4 Å². The van der Waals surface area contributed by atoms with Crippen LogP contribution in [0.5, 0.6) is 0 Å². The van der Waals surface area contributed by atoms with Gasteiger partial charge in [0, 0.05) is 30.5 Å². The Labute approximate surface area is 125 Å². The predicted molar refractivity (Wildman–Crippen MR) is 84.0 cm³/mol. The Kier molecular flexibility index (Phi) is 4.65. The molecule has 2 rings (SSSR count). The number of hydrogen-bond donors (Lipinski definition) is 3. The second-order valence-corrected chi connectivity index (χ2v) is 6.62. The van der Waals surface area contributed by atoms with Gasteiger partial charge in [0.1, 0.15) is 17.5 Å². The van der Waals surface area contributed by atoms with Crippen LogP contribution in [-0.4, -0.2) is 28.5 Å². The number of carbonyl (C=O) groups is 1. The van der Waals surface area contributed by atoms with Crippen molar-refractivity contribution in [1.29, 1.82) is 0 Å². The summed E-state index contributed by atoms with van der Waals surface area (Å²) < 4.78 is 0. The van der Waals surface area contributed by atoms with Gasteiger partial charge in [-0.05, 0) is 19.3 Å². The molecule has 0 aromatic carbocycles. The van der Waals surface area contributed by atoms with Crippen molar-refractivity contribution in [2.45, 2.75) is 57.9 Å². The largest absolute Gasteiger partial charge is 0.384 e. The van der Waals surface area contributed by atoms with Crippen molar-refractivity contribution in [3.63, 3.8) is 0 Å². The van der Waals surface area contributed by atoms with E-state index in [1.54, 1.807) is 6.07 Å². The molecule has 0 bridgehead atoms. The maximum atomic E-state index is 11.6. The van der Waals surface area contributed by atoms with E-state index < -0.39 is 0 Å². The van der Waals surface area contributed by atoms with Crippen LogP contribution >= 0.6 is 0 Å². The number of nitrogens with two attached hydrogens (primary N) is 1. The molecule has 1 aromatic heterocycles. The Morgan fingerprint density at radius 3 is 2.71 bits per heavy atom. The Bertz CT molecular complexity index is 505. The molecule has 1 heterocycles. The summed E-state index contributed by atoms with van der Waals surface area (Å²) in [5, 5.41) is 6.19. The molecule has 0 atom stereocenters. The SMILES string of the molecule is CC(C)(C)c1nc(N)cc(NCCCC(=O)NC2CC2)n1. The molecule has 6 nitrogen and oxygen atoms in total. The smallest absolute Gasteiger partial charge is 0.220 e. The molecule has 1 aromatic rings. The van der Waals surface area contributed by atoms with Crippen LogP contribution in [0, 0.1) is 0 Å². The zero-order valence-corrected chi connectivity index (χ0v) is 13.1. The first-order valence-electron chi connectivity index (χ1n) is 7.53. The van der Waals surface area contributed by atoms with Crippen molar-refractivity contribution >= 4 is 17.5 Å². The van der Waals surface area contributed by atoms with Crippen LogP contribution in [0.15, 0.2) is 6.07 Å². The summed E-state index contributed by atoms with van der Waals surface area (Å²) in [5.74, 6) is 2.03. The van der Waals surface area contributed by atoms with Gasteiger partial charge in [0.15, 0.2) is 0 Å². The van der Waals surface area contributed by atoms with E-state index in [1.807, 2.05) is 20.8 Å². The van der Waals surface area contributed by atoms with Crippen molar-refractivity contribution in [3.8, 4) is 0 Å². The van der Waals surface area contributed by atoms with Crippen molar-refractivity contribution < 1.29 is 4.79 Å². The number of aromatic nitrogens is 2. The molecule has 0 radical (unpaired) electrons. The Hall–Kier alpha value is -1.85. The van der Waals surface area contributed by atoms with Crippen molar-refractivity contribution in [2.24, 2.45) is 0 Å². The van der Waals surface area contributed by atoms with Crippen molar-refractivity contribution in [2.75, 3.05) is 17.6 Å². The Balaban J connectivity index is 1.79. The Morgan fingerprint density at radius 2 is 2.10 bits per heavy atom. The quantitative estimate of drug-likeness (QED) is 0.695.